The van der Waals surface area contributed by atoms with E-state index in [0.29, 0.717) is 22.6 Å². The van der Waals surface area contributed by atoms with Crippen LogP contribution in [0.4, 0.5) is 17.1 Å². The zero-order chi connectivity index (χ0) is 25.2. The summed E-state index contributed by atoms with van der Waals surface area (Å²) in [6, 6.07) is 24.9. The molecule has 2 aromatic heterocycles. The van der Waals surface area contributed by atoms with Gasteiger partial charge in [-0.25, -0.2) is 0 Å². The highest BCUT2D eigenvalue weighted by molar-refractivity contribution is 6.29. The number of rotatable bonds is 4. The number of nitrogens with zero attached hydrogens (tertiary/aromatic N) is 3. The van der Waals surface area contributed by atoms with Gasteiger partial charge in [0.2, 0.25) is 11.7 Å². The van der Waals surface area contributed by atoms with Crippen molar-refractivity contribution < 1.29 is 9.59 Å². The maximum Gasteiger partial charge on any atom is 0.250 e. The number of para-hydroxylation sites is 2. The molecule has 0 spiro atoms. The lowest BCUT2D eigenvalue weighted by atomic mass is 9.77. The van der Waals surface area contributed by atoms with Crippen LogP contribution in [0.25, 0.3) is 21.8 Å². The highest BCUT2D eigenvalue weighted by Crippen LogP contribution is 2.49. The number of carbonyl (C=O) groups excluding carboxylic acids is 2. The zero-order valence-electron chi connectivity index (χ0n) is 20.4. The molecule has 2 N–H and O–H groups in total. The van der Waals surface area contributed by atoms with Gasteiger partial charge in [0.1, 0.15) is 11.1 Å². The van der Waals surface area contributed by atoms with Gasteiger partial charge in [-0.2, -0.15) is 0 Å². The minimum absolute atomic E-state index is 0.218. The summed E-state index contributed by atoms with van der Waals surface area (Å²) in [6.07, 6.45) is 1.75. The summed E-state index contributed by atoms with van der Waals surface area (Å²) < 4.78 is 2.22. The molecule has 1 unspecified atom stereocenters. The lowest BCUT2D eigenvalue weighted by Gasteiger charge is -2.23. The molecule has 6 nitrogen and oxygen atoms in total. The summed E-state index contributed by atoms with van der Waals surface area (Å²) in [7, 11) is 0. The zero-order valence-corrected chi connectivity index (χ0v) is 20.4. The van der Waals surface area contributed by atoms with E-state index in [4.69, 9.17) is 5.73 Å². The number of Topliss-reactive ketones (excluding diaryl/α,β-unsaturated/α-hetero) is 1. The number of hydrogen-bond acceptors (Lipinski definition) is 4. The molecular weight excluding hydrogens is 448 g/mol. The second-order valence-corrected chi connectivity index (χ2v) is 9.74. The Morgan fingerprint density at radius 1 is 0.917 bits per heavy atom. The summed E-state index contributed by atoms with van der Waals surface area (Å²) >= 11 is 0. The number of amides is 1. The van der Waals surface area contributed by atoms with E-state index in [0.717, 1.165) is 21.8 Å². The minimum Gasteiger partial charge on any atom is -0.398 e. The number of pyridine rings is 1. The van der Waals surface area contributed by atoms with Crippen molar-refractivity contribution in [1.82, 2.24) is 9.55 Å². The van der Waals surface area contributed by atoms with Crippen molar-refractivity contribution >= 4 is 50.6 Å². The van der Waals surface area contributed by atoms with E-state index >= 15 is 0 Å². The number of carbonyl (C=O) groups is 2. The highest BCUT2D eigenvalue weighted by atomic mass is 16.2. The van der Waals surface area contributed by atoms with Crippen molar-refractivity contribution in [2.75, 3.05) is 10.6 Å². The Kier molecular flexibility index (Phi) is 4.76. The third kappa shape index (κ3) is 2.87. The molecule has 3 aromatic carbocycles. The Hall–Kier alpha value is -4.45. The normalized spacial score (nSPS) is 17.3. The summed E-state index contributed by atoms with van der Waals surface area (Å²) in [5.41, 5.74) is 9.44. The highest BCUT2D eigenvalue weighted by Gasteiger charge is 2.54. The molecule has 0 saturated heterocycles. The first-order chi connectivity index (χ1) is 17.3. The Morgan fingerprint density at radius 2 is 1.64 bits per heavy atom. The summed E-state index contributed by atoms with van der Waals surface area (Å²) in [6.45, 7) is 5.92. The number of anilines is 3. The van der Waals surface area contributed by atoms with Crippen LogP contribution in [-0.4, -0.2) is 21.2 Å². The van der Waals surface area contributed by atoms with Crippen LogP contribution in [0, 0.1) is 0 Å². The fourth-order valence-corrected chi connectivity index (χ4v) is 5.61. The number of benzene rings is 3. The second-order valence-electron chi connectivity index (χ2n) is 9.74. The molecule has 1 aliphatic heterocycles. The maximum atomic E-state index is 14.2. The molecule has 0 bridgehead atoms. The summed E-state index contributed by atoms with van der Waals surface area (Å²) in [5, 5.41) is 1.99. The molecule has 3 heterocycles. The summed E-state index contributed by atoms with van der Waals surface area (Å²) in [4.78, 5) is 34.4. The number of aromatic nitrogens is 2. The predicted molar refractivity (Wildman–Crippen MR) is 144 cm³/mol. The predicted octanol–water partition coefficient (Wildman–Crippen LogP) is 6.17. The lowest BCUT2D eigenvalue weighted by Crippen LogP contribution is -2.43. The Bertz CT molecular complexity index is 1690. The average Bonchev–Trinajstić information content (AvgIpc) is 3.34. The van der Waals surface area contributed by atoms with Gasteiger partial charge in [-0.3, -0.25) is 19.5 Å². The number of hydrogen-bond donors (Lipinski definition) is 1. The monoisotopic (exact) mass is 474 g/mol. The van der Waals surface area contributed by atoms with E-state index in [1.54, 1.807) is 30.2 Å². The topological polar surface area (TPSA) is 81.2 Å². The molecule has 6 rings (SSSR count). The number of ketones is 1. The van der Waals surface area contributed by atoms with Crippen LogP contribution >= 0.6 is 0 Å². The molecule has 36 heavy (non-hydrogen) atoms. The van der Waals surface area contributed by atoms with Crippen LogP contribution in [0.15, 0.2) is 85.1 Å². The molecule has 1 aliphatic rings. The summed E-state index contributed by atoms with van der Waals surface area (Å²) in [5.74, 6) is -0.702. The molecule has 0 radical (unpaired) electrons. The van der Waals surface area contributed by atoms with E-state index in [1.165, 1.54) is 0 Å². The average molecular weight is 475 g/mol. The molecular formula is C30H26N4O2. The first-order valence-electron chi connectivity index (χ1n) is 12.1. The smallest absolute Gasteiger partial charge is 0.250 e. The van der Waals surface area contributed by atoms with Crippen LogP contribution in [0.3, 0.4) is 0 Å². The van der Waals surface area contributed by atoms with Crippen LogP contribution in [0.1, 0.15) is 42.9 Å². The van der Waals surface area contributed by atoms with Gasteiger partial charge < -0.3 is 10.3 Å². The van der Waals surface area contributed by atoms with Gasteiger partial charge in [0.25, 0.3) is 0 Å². The largest absolute Gasteiger partial charge is 0.398 e. The molecule has 5 aromatic rings. The molecule has 0 saturated carbocycles. The van der Waals surface area contributed by atoms with Gasteiger partial charge in [-0.05, 0) is 57.2 Å². The molecule has 0 fully saturated rings. The second kappa shape index (κ2) is 7.78. The molecule has 178 valence electrons. The molecule has 6 heteroatoms. The van der Waals surface area contributed by atoms with Gasteiger partial charge in [0.05, 0.1) is 17.4 Å². The van der Waals surface area contributed by atoms with Crippen molar-refractivity contribution in [3.8, 4) is 0 Å². The molecule has 1 atom stereocenters. The first-order valence-corrected chi connectivity index (χ1v) is 12.1. The van der Waals surface area contributed by atoms with Crippen LogP contribution < -0.4 is 10.6 Å². The Morgan fingerprint density at radius 3 is 2.39 bits per heavy atom. The van der Waals surface area contributed by atoms with Crippen LogP contribution in [0.2, 0.25) is 0 Å². The number of nitrogens with two attached hydrogens (primary N) is 1. The standard InChI is InChI=1S/C30H26N4O2/c1-18(2)33-24-14-8-7-12-20(24)21-16-23(32-17-26(21)33)28(35)30(3)27-22(31)13-9-15-25(27)34(29(30)36)19-10-5-4-6-11-19/h4-18H,31H2,1-3H3. The lowest BCUT2D eigenvalue weighted by molar-refractivity contribution is -0.120. The third-order valence-corrected chi connectivity index (χ3v) is 7.26. The van der Waals surface area contributed by atoms with Gasteiger partial charge in [0, 0.05) is 39.3 Å². The van der Waals surface area contributed by atoms with Gasteiger partial charge in [0.15, 0.2) is 0 Å². The van der Waals surface area contributed by atoms with E-state index in [-0.39, 0.29) is 23.4 Å². The molecule has 0 aliphatic carbocycles. The third-order valence-electron chi connectivity index (χ3n) is 7.26. The van der Waals surface area contributed by atoms with E-state index in [9.17, 15) is 9.59 Å². The Balaban J connectivity index is 1.55. The Labute approximate surface area is 209 Å². The van der Waals surface area contributed by atoms with Crippen molar-refractivity contribution in [1.29, 1.82) is 0 Å². The van der Waals surface area contributed by atoms with E-state index < -0.39 is 5.41 Å². The maximum absolute atomic E-state index is 14.2. The van der Waals surface area contributed by atoms with Gasteiger partial charge >= 0.3 is 0 Å². The van der Waals surface area contributed by atoms with Crippen molar-refractivity contribution in [3.63, 3.8) is 0 Å². The van der Waals surface area contributed by atoms with E-state index in [2.05, 4.69) is 35.5 Å². The fraction of sp³-hybridized carbons (Fsp3) is 0.167. The molecule has 1 amide bonds. The van der Waals surface area contributed by atoms with Crippen LogP contribution in [0.5, 0.6) is 0 Å². The van der Waals surface area contributed by atoms with Crippen molar-refractivity contribution in [2.45, 2.75) is 32.2 Å². The van der Waals surface area contributed by atoms with E-state index in [1.807, 2.05) is 54.6 Å². The number of nitrogen functional groups attached to an aromatic ring is 1. The van der Waals surface area contributed by atoms with Crippen molar-refractivity contribution in [3.05, 3.63) is 96.3 Å². The number of fused-ring (bicyclic) bond motifs is 4. The van der Waals surface area contributed by atoms with Gasteiger partial charge in [-0.15, -0.1) is 0 Å². The van der Waals surface area contributed by atoms with Crippen molar-refractivity contribution in [2.24, 2.45) is 0 Å². The van der Waals surface area contributed by atoms with Gasteiger partial charge in [-0.1, -0.05) is 42.5 Å². The fourth-order valence-electron chi connectivity index (χ4n) is 5.61. The minimum atomic E-state index is -1.51. The SMILES string of the molecule is CC(C)n1c2ccccc2c2cc(C(=O)C3(C)C(=O)N(c4ccccc4)c4cccc(N)c43)ncc21. The van der Waals surface area contributed by atoms with Crippen LogP contribution in [-0.2, 0) is 10.2 Å². The quantitative estimate of drug-likeness (QED) is 0.192. The first kappa shape index (κ1) is 22.0.